The van der Waals surface area contributed by atoms with Gasteiger partial charge in [-0.1, -0.05) is 12.1 Å². The molecule has 1 aromatic heterocycles. The lowest BCUT2D eigenvalue weighted by Gasteiger charge is -2.62. The number of piperazine rings is 1. The van der Waals surface area contributed by atoms with Gasteiger partial charge in [-0.05, 0) is 73.5 Å². The molecule has 1 aromatic carbocycles. The third kappa shape index (κ3) is 3.17. The number of rotatable bonds is 4. The molecular weight excluding hydrogens is 406 g/mol. The smallest absolute Gasteiger partial charge is 0.228 e. The fraction of sp³-hybridized carbons (Fsp3) is 0.600. The summed E-state index contributed by atoms with van der Waals surface area (Å²) in [6.45, 7) is 3.44. The third-order valence-electron chi connectivity index (χ3n) is 8.47. The Balaban J connectivity index is 1.24. The van der Waals surface area contributed by atoms with E-state index in [0.29, 0.717) is 17.7 Å². The minimum absolute atomic E-state index is 0.145. The van der Waals surface area contributed by atoms with Crippen LogP contribution in [0.5, 0.6) is 5.75 Å². The SMILES string of the molecule is COc1ccc(C23CC4CC(CC(C(=O)N5CCN(c6nccs6)CC5)(C4)C2)C3)cc1. The molecule has 0 N–H and O–H groups in total. The van der Waals surface area contributed by atoms with Crippen molar-refractivity contribution in [2.75, 3.05) is 38.2 Å². The number of amides is 1. The highest BCUT2D eigenvalue weighted by molar-refractivity contribution is 7.13. The van der Waals surface area contributed by atoms with Gasteiger partial charge in [0.05, 0.1) is 12.5 Å². The molecule has 5 nitrogen and oxygen atoms in total. The molecule has 1 aliphatic heterocycles. The highest BCUT2D eigenvalue weighted by Crippen LogP contribution is 2.66. The molecule has 1 saturated heterocycles. The van der Waals surface area contributed by atoms with Crippen molar-refractivity contribution in [1.82, 2.24) is 9.88 Å². The molecule has 2 atom stereocenters. The zero-order chi connectivity index (χ0) is 21.1. The Morgan fingerprint density at radius 1 is 1.06 bits per heavy atom. The molecule has 2 heterocycles. The Labute approximate surface area is 188 Å². The monoisotopic (exact) mass is 437 g/mol. The first-order valence-electron chi connectivity index (χ1n) is 11.7. The quantitative estimate of drug-likeness (QED) is 0.714. The van der Waals surface area contributed by atoms with Gasteiger partial charge in [0.15, 0.2) is 5.13 Å². The van der Waals surface area contributed by atoms with Crippen LogP contribution in [-0.2, 0) is 10.2 Å². The van der Waals surface area contributed by atoms with E-state index in [9.17, 15) is 4.79 Å². The van der Waals surface area contributed by atoms with Gasteiger partial charge in [0, 0.05) is 37.8 Å². The second-order valence-electron chi connectivity index (χ2n) is 10.3. The molecule has 4 aliphatic carbocycles. The summed E-state index contributed by atoms with van der Waals surface area (Å²) in [4.78, 5) is 23.0. The summed E-state index contributed by atoms with van der Waals surface area (Å²) < 4.78 is 5.39. The number of benzene rings is 1. The second kappa shape index (κ2) is 7.22. The van der Waals surface area contributed by atoms with E-state index in [-0.39, 0.29) is 10.8 Å². The molecule has 4 bridgehead atoms. The van der Waals surface area contributed by atoms with Crippen LogP contribution in [0.3, 0.4) is 0 Å². The molecule has 2 unspecified atom stereocenters. The molecule has 0 radical (unpaired) electrons. The molecule has 5 aliphatic rings. The van der Waals surface area contributed by atoms with Crippen molar-refractivity contribution in [3.05, 3.63) is 41.4 Å². The Hall–Kier alpha value is -2.08. The molecule has 31 heavy (non-hydrogen) atoms. The first-order valence-corrected chi connectivity index (χ1v) is 12.6. The van der Waals surface area contributed by atoms with Gasteiger partial charge in [0.2, 0.25) is 5.91 Å². The van der Waals surface area contributed by atoms with Gasteiger partial charge < -0.3 is 14.5 Å². The van der Waals surface area contributed by atoms with Gasteiger partial charge in [-0.25, -0.2) is 4.98 Å². The van der Waals surface area contributed by atoms with Crippen molar-refractivity contribution in [3.8, 4) is 5.75 Å². The van der Waals surface area contributed by atoms with Crippen molar-refractivity contribution in [2.45, 2.75) is 43.9 Å². The van der Waals surface area contributed by atoms with Gasteiger partial charge >= 0.3 is 0 Å². The van der Waals surface area contributed by atoms with Gasteiger partial charge in [-0.15, -0.1) is 11.3 Å². The number of hydrogen-bond acceptors (Lipinski definition) is 5. The van der Waals surface area contributed by atoms with Crippen molar-refractivity contribution in [3.63, 3.8) is 0 Å². The molecule has 2 aromatic rings. The van der Waals surface area contributed by atoms with Crippen LogP contribution in [0.25, 0.3) is 0 Å². The van der Waals surface area contributed by atoms with Gasteiger partial charge in [0.1, 0.15) is 5.75 Å². The molecule has 164 valence electrons. The fourth-order valence-corrected chi connectivity index (χ4v) is 8.30. The van der Waals surface area contributed by atoms with E-state index in [1.54, 1.807) is 18.4 Å². The van der Waals surface area contributed by atoms with Crippen LogP contribution in [0.2, 0.25) is 0 Å². The van der Waals surface area contributed by atoms with E-state index in [1.807, 2.05) is 11.6 Å². The maximum atomic E-state index is 14.0. The molecule has 7 rings (SSSR count). The molecule has 1 amide bonds. The molecule has 5 fully saturated rings. The normalized spacial score (nSPS) is 34.2. The van der Waals surface area contributed by atoms with E-state index < -0.39 is 0 Å². The van der Waals surface area contributed by atoms with Gasteiger partial charge in [-0.3, -0.25) is 4.79 Å². The van der Waals surface area contributed by atoms with Crippen LogP contribution >= 0.6 is 11.3 Å². The largest absolute Gasteiger partial charge is 0.497 e. The predicted molar refractivity (Wildman–Crippen MR) is 123 cm³/mol. The zero-order valence-electron chi connectivity index (χ0n) is 18.3. The predicted octanol–water partition coefficient (Wildman–Crippen LogP) is 4.34. The van der Waals surface area contributed by atoms with Crippen molar-refractivity contribution in [2.24, 2.45) is 17.3 Å². The van der Waals surface area contributed by atoms with Crippen LogP contribution in [0.15, 0.2) is 35.8 Å². The Morgan fingerprint density at radius 2 is 1.77 bits per heavy atom. The number of aromatic nitrogens is 1. The number of carbonyl (C=O) groups excluding carboxylic acids is 1. The van der Waals surface area contributed by atoms with Crippen LogP contribution in [0.1, 0.15) is 44.1 Å². The van der Waals surface area contributed by atoms with E-state index in [1.165, 1.54) is 24.8 Å². The van der Waals surface area contributed by atoms with E-state index in [0.717, 1.165) is 56.3 Å². The lowest BCUT2D eigenvalue weighted by Crippen LogP contribution is -2.61. The number of carbonyl (C=O) groups is 1. The Bertz CT molecular complexity index is 936. The minimum Gasteiger partial charge on any atom is -0.497 e. The average Bonchev–Trinajstić information content (AvgIpc) is 3.33. The third-order valence-corrected chi connectivity index (χ3v) is 9.31. The maximum absolute atomic E-state index is 14.0. The van der Waals surface area contributed by atoms with Gasteiger partial charge in [-0.2, -0.15) is 0 Å². The molecule has 0 spiro atoms. The number of thiazole rings is 1. The van der Waals surface area contributed by atoms with E-state index >= 15 is 0 Å². The number of methoxy groups -OCH3 is 1. The highest BCUT2D eigenvalue weighted by Gasteiger charge is 2.61. The number of ether oxygens (including phenoxy) is 1. The lowest BCUT2D eigenvalue weighted by molar-refractivity contribution is -0.160. The van der Waals surface area contributed by atoms with Crippen molar-refractivity contribution in [1.29, 1.82) is 0 Å². The van der Waals surface area contributed by atoms with Crippen molar-refractivity contribution < 1.29 is 9.53 Å². The Morgan fingerprint density at radius 3 is 2.39 bits per heavy atom. The Kier molecular flexibility index (Phi) is 4.57. The number of anilines is 1. The fourth-order valence-electron chi connectivity index (χ4n) is 7.60. The first kappa shape index (κ1) is 19.6. The first-order chi connectivity index (χ1) is 15.1. The minimum atomic E-state index is -0.145. The average molecular weight is 438 g/mol. The van der Waals surface area contributed by atoms with E-state index in [4.69, 9.17) is 4.74 Å². The molecule has 6 heteroatoms. The molecular formula is C25H31N3O2S. The topological polar surface area (TPSA) is 45.7 Å². The summed E-state index contributed by atoms with van der Waals surface area (Å²) in [7, 11) is 1.72. The summed E-state index contributed by atoms with van der Waals surface area (Å²) in [5, 5.41) is 3.11. The van der Waals surface area contributed by atoms with Crippen molar-refractivity contribution >= 4 is 22.4 Å². The summed E-state index contributed by atoms with van der Waals surface area (Å²) in [5.41, 5.74) is 1.45. The van der Waals surface area contributed by atoms with Crippen LogP contribution < -0.4 is 9.64 Å². The maximum Gasteiger partial charge on any atom is 0.228 e. The van der Waals surface area contributed by atoms with Gasteiger partial charge in [0.25, 0.3) is 0 Å². The summed E-state index contributed by atoms with van der Waals surface area (Å²) in [5.74, 6) is 2.75. The van der Waals surface area contributed by atoms with Crippen LogP contribution in [0.4, 0.5) is 5.13 Å². The summed E-state index contributed by atoms with van der Waals surface area (Å²) >= 11 is 1.69. The van der Waals surface area contributed by atoms with Crippen LogP contribution in [0, 0.1) is 17.3 Å². The highest BCUT2D eigenvalue weighted by atomic mass is 32.1. The summed E-state index contributed by atoms with van der Waals surface area (Å²) in [6, 6.07) is 8.72. The molecule has 4 saturated carbocycles. The number of nitrogens with zero attached hydrogens (tertiary/aromatic N) is 3. The standard InChI is InChI=1S/C25H31N3O2S/c1-30-21-4-2-20(3-5-21)24-13-18-12-19(14-24)16-25(15-18,17-24)22(29)27-7-9-28(10-8-27)23-26-6-11-31-23/h2-6,11,18-19H,7-10,12-17H2,1H3. The van der Waals surface area contributed by atoms with E-state index in [2.05, 4.69) is 39.0 Å². The zero-order valence-corrected chi connectivity index (χ0v) is 19.1. The van der Waals surface area contributed by atoms with Crippen LogP contribution in [-0.4, -0.2) is 49.1 Å². The summed E-state index contributed by atoms with van der Waals surface area (Å²) in [6.07, 6.45) is 8.94. The number of hydrogen-bond donors (Lipinski definition) is 0. The second-order valence-corrected chi connectivity index (χ2v) is 11.2. The lowest BCUT2D eigenvalue weighted by atomic mass is 9.42.